The maximum absolute atomic E-state index is 6.01. The van der Waals surface area contributed by atoms with Crippen molar-refractivity contribution in [1.29, 1.82) is 0 Å². The lowest BCUT2D eigenvalue weighted by molar-refractivity contribution is 0.258. The van der Waals surface area contributed by atoms with Crippen LogP contribution in [0.1, 0.15) is 36.6 Å². The minimum Gasteiger partial charge on any atom is -0.493 e. The lowest BCUT2D eigenvalue weighted by Crippen LogP contribution is -2.20. The van der Waals surface area contributed by atoms with Crippen LogP contribution in [-0.4, -0.2) is 11.2 Å². The molecule has 0 fully saturated rings. The van der Waals surface area contributed by atoms with Gasteiger partial charge in [-0.1, -0.05) is 18.2 Å². The van der Waals surface area contributed by atoms with E-state index in [1.807, 2.05) is 13.0 Å². The molecule has 1 aromatic heterocycles. The van der Waals surface area contributed by atoms with Crippen molar-refractivity contribution in [3.63, 3.8) is 0 Å². The van der Waals surface area contributed by atoms with Gasteiger partial charge in [0.2, 0.25) is 0 Å². The van der Waals surface area contributed by atoms with Gasteiger partial charge in [-0.15, -0.1) is 0 Å². The average Bonchev–Trinajstić information content (AvgIpc) is 2.87. The molecule has 19 heavy (non-hydrogen) atoms. The molecule has 0 spiro atoms. The molecule has 1 aliphatic heterocycles. The third kappa shape index (κ3) is 2.38. The molecule has 2 unspecified atom stereocenters. The van der Waals surface area contributed by atoms with Gasteiger partial charge in [0.1, 0.15) is 5.75 Å². The SMILES string of the molecule is CC(N)c1cccn1CC1CCOc2ccccc21. The molecule has 2 N–H and O–H groups in total. The van der Waals surface area contributed by atoms with Crippen molar-refractivity contribution in [3.8, 4) is 5.75 Å². The molecular formula is C16H20N2O. The van der Waals surface area contributed by atoms with Crippen LogP contribution in [0.2, 0.25) is 0 Å². The Bertz CT molecular complexity index is 559. The molecule has 100 valence electrons. The highest BCUT2D eigenvalue weighted by Gasteiger charge is 2.22. The predicted octanol–water partition coefficient (Wildman–Crippen LogP) is 3.07. The van der Waals surface area contributed by atoms with Crippen molar-refractivity contribution in [2.75, 3.05) is 6.61 Å². The van der Waals surface area contributed by atoms with Gasteiger partial charge in [0.15, 0.2) is 0 Å². The Kier molecular flexibility index (Phi) is 3.30. The highest BCUT2D eigenvalue weighted by atomic mass is 16.5. The first-order valence-electron chi connectivity index (χ1n) is 6.88. The Morgan fingerprint density at radius 2 is 2.16 bits per heavy atom. The largest absolute Gasteiger partial charge is 0.493 e. The fraction of sp³-hybridized carbons (Fsp3) is 0.375. The Balaban J connectivity index is 1.87. The standard InChI is InChI=1S/C16H20N2O/c1-12(17)15-6-4-9-18(15)11-13-8-10-19-16-7-3-2-5-14(13)16/h2-7,9,12-13H,8,10-11,17H2,1H3. The van der Waals surface area contributed by atoms with E-state index in [0.29, 0.717) is 5.92 Å². The number of para-hydroxylation sites is 1. The zero-order valence-electron chi connectivity index (χ0n) is 11.3. The van der Waals surface area contributed by atoms with Crippen molar-refractivity contribution in [2.45, 2.75) is 31.8 Å². The summed E-state index contributed by atoms with van der Waals surface area (Å²) in [5.41, 5.74) is 8.53. The van der Waals surface area contributed by atoms with Crippen molar-refractivity contribution in [3.05, 3.63) is 53.9 Å². The first kappa shape index (κ1) is 12.3. The second-order valence-electron chi connectivity index (χ2n) is 5.25. The fourth-order valence-corrected chi connectivity index (χ4v) is 2.85. The van der Waals surface area contributed by atoms with Crippen molar-refractivity contribution < 1.29 is 4.74 Å². The molecule has 0 amide bonds. The number of nitrogens with two attached hydrogens (primary N) is 1. The summed E-state index contributed by atoms with van der Waals surface area (Å²) >= 11 is 0. The molecule has 0 saturated carbocycles. The van der Waals surface area contributed by atoms with E-state index in [-0.39, 0.29) is 6.04 Å². The van der Waals surface area contributed by atoms with E-state index in [4.69, 9.17) is 10.5 Å². The van der Waals surface area contributed by atoms with Crippen LogP contribution in [0.25, 0.3) is 0 Å². The molecule has 2 aromatic rings. The number of rotatable bonds is 3. The lowest BCUT2D eigenvalue weighted by Gasteiger charge is -2.27. The minimum atomic E-state index is 0.0742. The van der Waals surface area contributed by atoms with E-state index in [1.165, 1.54) is 11.3 Å². The van der Waals surface area contributed by atoms with E-state index in [0.717, 1.165) is 25.3 Å². The number of benzene rings is 1. The molecule has 2 atom stereocenters. The van der Waals surface area contributed by atoms with E-state index < -0.39 is 0 Å². The van der Waals surface area contributed by atoms with Gasteiger partial charge in [0, 0.05) is 30.4 Å². The zero-order valence-corrected chi connectivity index (χ0v) is 11.3. The van der Waals surface area contributed by atoms with Crippen LogP contribution in [0.5, 0.6) is 5.75 Å². The topological polar surface area (TPSA) is 40.2 Å². The summed E-state index contributed by atoms with van der Waals surface area (Å²) in [7, 11) is 0. The zero-order chi connectivity index (χ0) is 13.2. The predicted molar refractivity (Wildman–Crippen MR) is 76.3 cm³/mol. The maximum atomic E-state index is 6.01. The van der Waals surface area contributed by atoms with Crippen molar-refractivity contribution >= 4 is 0 Å². The Labute approximate surface area is 114 Å². The smallest absolute Gasteiger partial charge is 0.122 e. The third-order valence-corrected chi connectivity index (χ3v) is 3.83. The van der Waals surface area contributed by atoms with Gasteiger partial charge in [-0.3, -0.25) is 0 Å². The van der Waals surface area contributed by atoms with E-state index in [1.54, 1.807) is 0 Å². The quantitative estimate of drug-likeness (QED) is 0.916. The van der Waals surface area contributed by atoms with Crippen LogP contribution in [0.15, 0.2) is 42.6 Å². The lowest BCUT2D eigenvalue weighted by atomic mass is 9.93. The molecule has 0 radical (unpaired) electrons. The van der Waals surface area contributed by atoms with Crippen molar-refractivity contribution in [2.24, 2.45) is 5.73 Å². The summed E-state index contributed by atoms with van der Waals surface area (Å²) in [5, 5.41) is 0. The second kappa shape index (κ2) is 5.10. The summed E-state index contributed by atoms with van der Waals surface area (Å²) in [6.07, 6.45) is 3.18. The van der Waals surface area contributed by atoms with Crippen LogP contribution >= 0.6 is 0 Å². The molecule has 3 nitrogen and oxygen atoms in total. The second-order valence-corrected chi connectivity index (χ2v) is 5.25. The number of nitrogens with zero attached hydrogens (tertiary/aromatic N) is 1. The van der Waals surface area contributed by atoms with E-state index in [2.05, 4.69) is 41.1 Å². The molecule has 3 heteroatoms. The number of hydrogen-bond donors (Lipinski definition) is 1. The number of ether oxygens (including phenoxy) is 1. The molecule has 0 bridgehead atoms. The molecule has 1 aliphatic rings. The Morgan fingerprint density at radius 3 is 3.00 bits per heavy atom. The number of hydrogen-bond acceptors (Lipinski definition) is 2. The Morgan fingerprint density at radius 1 is 1.32 bits per heavy atom. The van der Waals surface area contributed by atoms with E-state index >= 15 is 0 Å². The normalized spacial score (nSPS) is 19.6. The minimum absolute atomic E-state index is 0.0742. The van der Waals surface area contributed by atoms with Crippen LogP contribution in [-0.2, 0) is 6.54 Å². The molecule has 2 heterocycles. The van der Waals surface area contributed by atoms with Crippen LogP contribution in [0.3, 0.4) is 0 Å². The molecule has 1 aromatic carbocycles. The van der Waals surface area contributed by atoms with Crippen molar-refractivity contribution in [1.82, 2.24) is 4.57 Å². The van der Waals surface area contributed by atoms with Crippen LogP contribution < -0.4 is 10.5 Å². The van der Waals surface area contributed by atoms with Gasteiger partial charge in [0.05, 0.1) is 6.61 Å². The highest BCUT2D eigenvalue weighted by molar-refractivity contribution is 5.37. The summed E-state index contributed by atoms with van der Waals surface area (Å²) in [5.74, 6) is 1.54. The monoisotopic (exact) mass is 256 g/mol. The highest BCUT2D eigenvalue weighted by Crippen LogP contribution is 2.34. The van der Waals surface area contributed by atoms with Gasteiger partial charge < -0.3 is 15.0 Å². The summed E-state index contributed by atoms with van der Waals surface area (Å²) in [6, 6.07) is 12.6. The molecule has 0 aliphatic carbocycles. The first-order valence-corrected chi connectivity index (χ1v) is 6.88. The van der Waals surface area contributed by atoms with Crippen LogP contribution in [0, 0.1) is 0 Å². The van der Waals surface area contributed by atoms with Gasteiger partial charge in [-0.2, -0.15) is 0 Å². The summed E-state index contributed by atoms with van der Waals surface area (Å²) in [4.78, 5) is 0. The maximum Gasteiger partial charge on any atom is 0.122 e. The van der Waals surface area contributed by atoms with Gasteiger partial charge in [0.25, 0.3) is 0 Å². The van der Waals surface area contributed by atoms with Gasteiger partial charge in [-0.25, -0.2) is 0 Å². The molecular weight excluding hydrogens is 236 g/mol. The summed E-state index contributed by atoms with van der Waals surface area (Å²) in [6.45, 7) is 3.81. The first-order chi connectivity index (χ1) is 9.25. The molecule has 3 rings (SSSR count). The number of aromatic nitrogens is 1. The fourth-order valence-electron chi connectivity index (χ4n) is 2.85. The Hall–Kier alpha value is -1.74. The summed E-state index contributed by atoms with van der Waals surface area (Å²) < 4.78 is 7.99. The third-order valence-electron chi connectivity index (χ3n) is 3.83. The average molecular weight is 256 g/mol. The van der Waals surface area contributed by atoms with E-state index in [9.17, 15) is 0 Å². The van der Waals surface area contributed by atoms with Gasteiger partial charge >= 0.3 is 0 Å². The van der Waals surface area contributed by atoms with Gasteiger partial charge in [-0.05, 0) is 37.1 Å². The molecule has 0 saturated heterocycles. The number of fused-ring (bicyclic) bond motifs is 1. The van der Waals surface area contributed by atoms with Crippen LogP contribution in [0.4, 0.5) is 0 Å².